The zero-order valence-corrected chi connectivity index (χ0v) is 12.7. The lowest BCUT2D eigenvalue weighted by molar-refractivity contribution is 0.755. The highest BCUT2D eigenvalue weighted by Gasteiger charge is 2.08. The minimum Gasteiger partial charge on any atom is -0.310 e. The number of benzene rings is 1. The van der Waals surface area contributed by atoms with E-state index in [-0.39, 0.29) is 5.56 Å². The van der Waals surface area contributed by atoms with Crippen LogP contribution in [-0.4, -0.2) is 9.55 Å². The first-order valence-corrected chi connectivity index (χ1v) is 7.18. The number of rotatable bonds is 3. The number of pyridine rings is 2. The number of halogens is 1. The van der Waals surface area contributed by atoms with Crippen molar-refractivity contribution in [3.05, 3.63) is 69.1 Å². The Hall–Kier alpha value is -2.18. The van der Waals surface area contributed by atoms with Gasteiger partial charge in [-0.3, -0.25) is 4.79 Å². The van der Waals surface area contributed by atoms with Gasteiger partial charge in [0.25, 0.3) is 5.56 Å². The van der Waals surface area contributed by atoms with E-state index in [2.05, 4.69) is 26.3 Å². The molecule has 2 aromatic heterocycles. The van der Waals surface area contributed by atoms with E-state index in [1.165, 1.54) is 6.07 Å². The number of anilines is 1. The number of hydrogen-bond acceptors (Lipinski definition) is 4. The largest absolute Gasteiger partial charge is 0.310 e. The number of para-hydroxylation sites is 1. The topological polar surface area (TPSA) is 72.9 Å². The van der Waals surface area contributed by atoms with E-state index in [1.807, 2.05) is 30.3 Å². The quantitative estimate of drug-likeness (QED) is 0.565. The van der Waals surface area contributed by atoms with Crippen molar-refractivity contribution >= 4 is 32.7 Å². The average Bonchev–Trinajstić information content (AvgIpc) is 2.50. The van der Waals surface area contributed by atoms with Crippen molar-refractivity contribution in [1.82, 2.24) is 9.55 Å². The van der Waals surface area contributed by atoms with Gasteiger partial charge in [0.05, 0.1) is 12.1 Å². The lowest BCUT2D eigenvalue weighted by Gasteiger charge is -2.11. The predicted octanol–water partition coefficient (Wildman–Crippen LogP) is 2.49. The van der Waals surface area contributed by atoms with Gasteiger partial charge >= 0.3 is 0 Å². The Morgan fingerprint density at radius 1 is 1.24 bits per heavy atom. The van der Waals surface area contributed by atoms with Gasteiger partial charge in [0, 0.05) is 27.7 Å². The summed E-state index contributed by atoms with van der Waals surface area (Å²) in [5.74, 6) is 6.12. The number of nitrogens with one attached hydrogen (secondary N) is 1. The Morgan fingerprint density at radius 2 is 2.05 bits per heavy atom. The van der Waals surface area contributed by atoms with E-state index in [0.29, 0.717) is 12.4 Å². The fourth-order valence-corrected chi connectivity index (χ4v) is 2.59. The number of nitrogens with two attached hydrogens (primary N) is 1. The molecule has 5 nitrogen and oxygen atoms in total. The summed E-state index contributed by atoms with van der Waals surface area (Å²) in [5, 5.41) is 1.01. The smallest absolute Gasteiger partial charge is 0.250 e. The third kappa shape index (κ3) is 2.81. The molecule has 3 aromatic rings. The van der Waals surface area contributed by atoms with E-state index in [9.17, 15) is 4.79 Å². The highest BCUT2D eigenvalue weighted by molar-refractivity contribution is 9.10. The molecule has 0 atom stereocenters. The fourth-order valence-electron chi connectivity index (χ4n) is 2.21. The minimum atomic E-state index is -0.0747. The van der Waals surface area contributed by atoms with Gasteiger partial charge in [0.2, 0.25) is 0 Å². The van der Waals surface area contributed by atoms with Crippen LogP contribution in [0.2, 0.25) is 0 Å². The summed E-state index contributed by atoms with van der Waals surface area (Å²) in [7, 11) is 0. The summed E-state index contributed by atoms with van der Waals surface area (Å²) in [5.41, 5.74) is 4.24. The van der Waals surface area contributed by atoms with E-state index < -0.39 is 0 Å². The molecule has 106 valence electrons. The number of nitrogen functional groups attached to an aromatic ring is 1. The summed E-state index contributed by atoms with van der Waals surface area (Å²) in [6.45, 7) is 0.398. The maximum atomic E-state index is 11.9. The van der Waals surface area contributed by atoms with Crippen molar-refractivity contribution in [3.63, 3.8) is 0 Å². The summed E-state index contributed by atoms with van der Waals surface area (Å²) in [6, 6.07) is 13.0. The Labute approximate surface area is 129 Å². The predicted molar refractivity (Wildman–Crippen MR) is 87.1 cm³/mol. The van der Waals surface area contributed by atoms with Gasteiger partial charge < -0.3 is 9.99 Å². The lowest BCUT2D eigenvalue weighted by atomic mass is 10.1. The molecule has 0 spiro atoms. The van der Waals surface area contributed by atoms with Gasteiger partial charge in [-0.15, -0.1) is 0 Å². The number of aromatic nitrogens is 2. The maximum Gasteiger partial charge on any atom is 0.250 e. The lowest BCUT2D eigenvalue weighted by Crippen LogP contribution is -2.20. The van der Waals surface area contributed by atoms with Crippen LogP contribution >= 0.6 is 15.9 Å². The molecule has 0 unspecified atom stereocenters. The molecule has 0 saturated carbocycles. The maximum absolute atomic E-state index is 11.9. The van der Waals surface area contributed by atoms with Crippen LogP contribution in [-0.2, 0) is 6.54 Å². The van der Waals surface area contributed by atoms with Crippen molar-refractivity contribution in [2.75, 3.05) is 5.43 Å². The van der Waals surface area contributed by atoms with Crippen LogP contribution in [0.4, 0.5) is 5.82 Å². The van der Waals surface area contributed by atoms with Crippen molar-refractivity contribution in [3.8, 4) is 0 Å². The van der Waals surface area contributed by atoms with Crippen LogP contribution in [0.15, 0.2) is 57.9 Å². The summed E-state index contributed by atoms with van der Waals surface area (Å²) in [4.78, 5) is 16.4. The van der Waals surface area contributed by atoms with Crippen LogP contribution < -0.4 is 16.8 Å². The van der Waals surface area contributed by atoms with Crippen molar-refractivity contribution in [2.24, 2.45) is 5.84 Å². The molecule has 3 N–H and O–H groups in total. The second kappa shape index (κ2) is 5.67. The molecule has 0 aliphatic rings. The first kappa shape index (κ1) is 13.8. The Balaban J connectivity index is 2.10. The molecule has 1 aromatic carbocycles. The molecule has 3 rings (SSSR count). The molecule has 0 fully saturated rings. The number of fused-ring (bicyclic) bond motifs is 1. The zero-order chi connectivity index (χ0) is 14.8. The molecule has 0 saturated heterocycles. The molecule has 6 heteroatoms. The summed E-state index contributed by atoms with van der Waals surface area (Å²) >= 11 is 3.37. The highest BCUT2D eigenvalue weighted by Crippen LogP contribution is 2.20. The van der Waals surface area contributed by atoms with Gasteiger partial charge in [-0.25, -0.2) is 10.8 Å². The minimum absolute atomic E-state index is 0.0747. The van der Waals surface area contributed by atoms with E-state index in [1.54, 1.807) is 16.8 Å². The molecule has 0 aliphatic carbocycles. The van der Waals surface area contributed by atoms with Crippen molar-refractivity contribution in [2.45, 2.75) is 6.54 Å². The summed E-state index contributed by atoms with van der Waals surface area (Å²) < 4.78 is 2.45. The van der Waals surface area contributed by atoms with Crippen LogP contribution in [0.5, 0.6) is 0 Å². The Morgan fingerprint density at radius 3 is 2.86 bits per heavy atom. The second-order valence-corrected chi connectivity index (χ2v) is 5.56. The SMILES string of the molecule is NNc1nc2ccccc2cc1Cn1cc(Br)ccc1=O. The molecule has 21 heavy (non-hydrogen) atoms. The van der Waals surface area contributed by atoms with Crippen LogP contribution in [0.25, 0.3) is 10.9 Å². The average molecular weight is 345 g/mol. The van der Waals surface area contributed by atoms with Gasteiger partial charge in [-0.1, -0.05) is 18.2 Å². The van der Waals surface area contributed by atoms with Gasteiger partial charge in [0.1, 0.15) is 5.82 Å². The Kier molecular flexibility index (Phi) is 3.72. The number of hydrazine groups is 1. The molecule has 2 heterocycles. The second-order valence-electron chi connectivity index (χ2n) is 4.65. The van der Waals surface area contributed by atoms with Crippen molar-refractivity contribution < 1.29 is 0 Å². The standard InChI is InChI=1S/C15H13BrN4O/c16-12-5-6-14(21)20(9-12)8-11-7-10-3-1-2-4-13(10)18-15(11)19-17/h1-7,9H,8,17H2,(H,18,19). The fraction of sp³-hybridized carbons (Fsp3) is 0.0667. The summed E-state index contributed by atoms with van der Waals surface area (Å²) in [6.07, 6.45) is 1.75. The molecular formula is C15H13BrN4O. The van der Waals surface area contributed by atoms with Gasteiger partial charge in [-0.05, 0) is 34.1 Å². The van der Waals surface area contributed by atoms with Crippen molar-refractivity contribution in [1.29, 1.82) is 0 Å². The normalized spacial score (nSPS) is 10.8. The molecule has 0 amide bonds. The Bertz CT molecular complexity index is 860. The van der Waals surface area contributed by atoms with E-state index in [4.69, 9.17) is 5.84 Å². The first-order valence-electron chi connectivity index (χ1n) is 6.38. The third-order valence-corrected chi connectivity index (χ3v) is 3.70. The molecule has 0 aliphatic heterocycles. The molecular weight excluding hydrogens is 332 g/mol. The van der Waals surface area contributed by atoms with Gasteiger partial charge in [-0.2, -0.15) is 0 Å². The molecule has 0 bridgehead atoms. The number of hydrogen-bond donors (Lipinski definition) is 2. The zero-order valence-electron chi connectivity index (χ0n) is 11.1. The van der Waals surface area contributed by atoms with Crippen LogP contribution in [0, 0.1) is 0 Å². The van der Waals surface area contributed by atoms with Crippen LogP contribution in [0.1, 0.15) is 5.56 Å². The van der Waals surface area contributed by atoms with E-state index in [0.717, 1.165) is 20.9 Å². The monoisotopic (exact) mass is 344 g/mol. The number of nitrogens with zero attached hydrogens (tertiary/aromatic N) is 2. The highest BCUT2D eigenvalue weighted by atomic mass is 79.9. The van der Waals surface area contributed by atoms with E-state index >= 15 is 0 Å². The third-order valence-electron chi connectivity index (χ3n) is 3.23. The first-order chi connectivity index (χ1) is 10.2. The van der Waals surface area contributed by atoms with Gasteiger partial charge in [0.15, 0.2) is 0 Å². The molecule has 0 radical (unpaired) electrons. The van der Waals surface area contributed by atoms with Crippen LogP contribution in [0.3, 0.4) is 0 Å².